The molecule has 2 aromatic rings. The highest BCUT2D eigenvalue weighted by Crippen LogP contribution is 2.27. The Morgan fingerprint density at radius 1 is 1.26 bits per heavy atom. The molecule has 1 aliphatic rings. The molecule has 0 amide bonds. The van der Waals surface area contributed by atoms with E-state index in [0.717, 1.165) is 36.8 Å². The zero-order chi connectivity index (χ0) is 21.5. The Labute approximate surface area is 209 Å². The van der Waals surface area contributed by atoms with Gasteiger partial charge in [0.05, 0.1) is 29.0 Å². The number of thiazole rings is 2. The molecule has 0 fully saturated rings. The number of esters is 1. The molecule has 3 rings (SSSR count). The van der Waals surface area contributed by atoms with Crippen LogP contribution in [0.1, 0.15) is 75.1 Å². The molecule has 31 heavy (non-hydrogen) atoms. The summed E-state index contributed by atoms with van der Waals surface area (Å²) in [5.41, 5.74) is 2.04. The van der Waals surface area contributed by atoms with E-state index >= 15 is 0 Å². The van der Waals surface area contributed by atoms with Gasteiger partial charge < -0.3 is 15.4 Å². The third kappa shape index (κ3) is 7.11. The summed E-state index contributed by atoms with van der Waals surface area (Å²) in [5, 5.41) is 8.82. The molecular formula is C21H32IN5O2S2. The molecule has 1 unspecified atom stereocenters. The highest BCUT2D eigenvalue weighted by Gasteiger charge is 2.20. The van der Waals surface area contributed by atoms with E-state index in [9.17, 15) is 4.79 Å². The maximum absolute atomic E-state index is 12.0. The van der Waals surface area contributed by atoms with Crippen LogP contribution in [0, 0.1) is 6.92 Å². The summed E-state index contributed by atoms with van der Waals surface area (Å²) >= 11 is 3.26. The third-order valence-electron chi connectivity index (χ3n) is 4.97. The lowest BCUT2D eigenvalue weighted by Crippen LogP contribution is -2.39. The Hall–Kier alpha value is -1.27. The quantitative estimate of drug-likeness (QED) is 0.159. The number of nitrogens with one attached hydrogen (secondary N) is 2. The van der Waals surface area contributed by atoms with Gasteiger partial charge in [-0.2, -0.15) is 0 Å². The van der Waals surface area contributed by atoms with Crippen LogP contribution in [0.4, 0.5) is 0 Å². The van der Waals surface area contributed by atoms with E-state index in [1.54, 1.807) is 14.0 Å². The summed E-state index contributed by atoms with van der Waals surface area (Å²) in [6, 6.07) is -0.0613. The Kier molecular flexibility index (Phi) is 10.6. The van der Waals surface area contributed by atoms with E-state index in [1.807, 2.05) is 25.2 Å². The fourth-order valence-electron chi connectivity index (χ4n) is 3.41. The minimum Gasteiger partial charge on any atom is -0.462 e. The molecule has 7 nitrogen and oxygen atoms in total. The molecule has 0 bridgehead atoms. The molecule has 172 valence electrons. The SMILES string of the molecule is CCOC(=O)c1sc(C(C)NC(=NC)NCCCc2nc3c(s2)CCCC3)nc1C.I. The van der Waals surface area contributed by atoms with Crippen molar-refractivity contribution in [3.8, 4) is 0 Å². The number of hydrogen-bond acceptors (Lipinski definition) is 7. The minimum absolute atomic E-state index is 0. The van der Waals surface area contributed by atoms with Crippen LogP contribution in [0.15, 0.2) is 4.99 Å². The number of nitrogens with zero attached hydrogens (tertiary/aromatic N) is 3. The summed E-state index contributed by atoms with van der Waals surface area (Å²) in [6.45, 7) is 6.83. The highest BCUT2D eigenvalue weighted by molar-refractivity contribution is 14.0. The van der Waals surface area contributed by atoms with Crippen LogP contribution in [-0.2, 0) is 24.0 Å². The number of hydrogen-bond donors (Lipinski definition) is 2. The zero-order valence-electron chi connectivity index (χ0n) is 18.6. The number of carbonyl (C=O) groups excluding carboxylic acids is 1. The van der Waals surface area contributed by atoms with Crippen LogP contribution in [-0.4, -0.2) is 42.1 Å². The molecule has 0 saturated carbocycles. The van der Waals surface area contributed by atoms with Crippen molar-refractivity contribution in [2.75, 3.05) is 20.2 Å². The van der Waals surface area contributed by atoms with Gasteiger partial charge in [-0.3, -0.25) is 4.99 Å². The summed E-state index contributed by atoms with van der Waals surface area (Å²) < 4.78 is 5.10. The maximum Gasteiger partial charge on any atom is 0.350 e. The van der Waals surface area contributed by atoms with Crippen LogP contribution in [0.2, 0.25) is 0 Å². The first-order valence-corrected chi connectivity index (χ1v) is 12.2. The number of halogens is 1. The fraction of sp³-hybridized carbons (Fsp3) is 0.619. The largest absolute Gasteiger partial charge is 0.462 e. The van der Waals surface area contributed by atoms with E-state index in [4.69, 9.17) is 9.72 Å². The standard InChI is InChI=1S/C21H31N5O2S2.HI/c1-5-28-20(27)18-13(2)24-19(30-18)14(3)25-21(22-4)23-12-8-11-17-26-15-9-6-7-10-16(15)29-17;/h14H,5-12H2,1-4H3,(H2,22,23,25);1H. The lowest BCUT2D eigenvalue weighted by molar-refractivity contribution is 0.0531. The second kappa shape index (κ2) is 12.7. The number of aryl methyl sites for hydroxylation is 4. The van der Waals surface area contributed by atoms with Crippen LogP contribution in [0.3, 0.4) is 0 Å². The van der Waals surface area contributed by atoms with Gasteiger partial charge in [0.2, 0.25) is 0 Å². The maximum atomic E-state index is 12.0. The van der Waals surface area contributed by atoms with Crippen molar-refractivity contribution in [3.63, 3.8) is 0 Å². The van der Waals surface area contributed by atoms with E-state index in [1.165, 1.54) is 46.2 Å². The van der Waals surface area contributed by atoms with Gasteiger partial charge >= 0.3 is 5.97 Å². The number of aliphatic imine (C=N–C) groups is 1. The van der Waals surface area contributed by atoms with Gasteiger partial charge in [-0.15, -0.1) is 46.7 Å². The van der Waals surface area contributed by atoms with Gasteiger partial charge in [-0.1, -0.05) is 0 Å². The van der Waals surface area contributed by atoms with Crippen molar-refractivity contribution in [1.82, 2.24) is 20.6 Å². The van der Waals surface area contributed by atoms with Gasteiger partial charge in [0, 0.05) is 24.9 Å². The normalized spacial score (nSPS) is 14.4. The Morgan fingerprint density at radius 3 is 2.74 bits per heavy atom. The second-order valence-electron chi connectivity index (χ2n) is 7.34. The first-order valence-electron chi connectivity index (χ1n) is 10.6. The zero-order valence-corrected chi connectivity index (χ0v) is 22.6. The van der Waals surface area contributed by atoms with Crippen molar-refractivity contribution < 1.29 is 9.53 Å². The average molecular weight is 578 g/mol. The summed E-state index contributed by atoms with van der Waals surface area (Å²) in [5.74, 6) is 0.420. The van der Waals surface area contributed by atoms with Gasteiger partial charge in [0.15, 0.2) is 5.96 Å². The van der Waals surface area contributed by atoms with Crippen molar-refractivity contribution >= 4 is 58.6 Å². The summed E-state index contributed by atoms with van der Waals surface area (Å²) in [4.78, 5) is 27.7. The molecule has 0 aromatic carbocycles. The molecule has 2 aromatic heterocycles. The number of guanidine groups is 1. The van der Waals surface area contributed by atoms with Gasteiger partial charge in [-0.25, -0.2) is 14.8 Å². The van der Waals surface area contributed by atoms with Crippen molar-refractivity contribution in [2.24, 2.45) is 4.99 Å². The average Bonchev–Trinajstić information content (AvgIpc) is 3.33. The second-order valence-corrected chi connectivity index (χ2v) is 9.54. The molecule has 10 heteroatoms. The minimum atomic E-state index is -0.308. The van der Waals surface area contributed by atoms with Crippen LogP contribution in [0.5, 0.6) is 0 Å². The van der Waals surface area contributed by atoms with E-state index in [2.05, 4.69) is 20.6 Å². The fourth-order valence-corrected chi connectivity index (χ4v) is 5.57. The van der Waals surface area contributed by atoms with Crippen molar-refractivity contribution in [1.29, 1.82) is 0 Å². The molecule has 1 atom stereocenters. The molecule has 0 aliphatic heterocycles. The van der Waals surface area contributed by atoms with Gasteiger partial charge in [-0.05, 0) is 52.9 Å². The highest BCUT2D eigenvalue weighted by atomic mass is 127. The predicted octanol–water partition coefficient (Wildman–Crippen LogP) is 4.44. The number of fused-ring (bicyclic) bond motifs is 1. The van der Waals surface area contributed by atoms with Crippen LogP contribution < -0.4 is 10.6 Å². The lowest BCUT2D eigenvalue weighted by atomic mass is 10.0. The summed E-state index contributed by atoms with van der Waals surface area (Å²) in [7, 11) is 1.76. The topological polar surface area (TPSA) is 88.5 Å². The molecule has 2 heterocycles. The number of carbonyl (C=O) groups is 1. The molecule has 0 radical (unpaired) electrons. The number of aromatic nitrogens is 2. The molecular weight excluding hydrogens is 545 g/mol. The Bertz CT molecular complexity index is 873. The monoisotopic (exact) mass is 577 g/mol. The number of ether oxygens (including phenoxy) is 1. The van der Waals surface area contributed by atoms with E-state index < -0.39 is 0 Å². The lowest BCUT2D eigenvalue weighted by Gasteiger charge is -2.16. The predicted molar refractivity (Wildman–Crippen MR) is 138 cm³/mol. The van der Waals surface area contributed by atoms with Gasteiger partial charge in [0.1, 0.15) is 9.88 Å². The van der Waals surface area contributed by atoms with Crippen LogP contribution in [0.25, 0.3) is 0 Å². The van der Waals surface area contributed by atoms with E-state index in [-0.39, 0.29) is 36.0 Å². The first-order chi connectivity index (χ1) is 14.5. The van der Waals surface area contributed by atoms with Crippen LogP contribution >= 0.6 is 46.7 Å². The molecule has 1 aliphatic carbocycles. The third-order valence-corrected chi connectivity index (χ3v) is 7.51. The molecule has 0 saturated heterocycles. The van der Waals surface area contributed by atoms with Gasteiger partial charge in [0.25, 0.3) is 0 Å². The van der Waals surface area contributed by atoms with E-state index in [0.29, 0.717) is 17.2 Å². The number of rotatable bonds is 8. The first kappa shape index (κ1) is 26.0. The summed E-state index contributed by atoms with van der Waals surface area (Å²) in [6.07, 6.45) is 6.92. The Morgan fingerprint density at radius 2 is 2.03 bits per heavy atom. The van der Waals surface area contributed by atoms with Crippen molar-refractivity contribution in [2.45, 2.75) is 65.3 Å². The Balaban J connectivity index is 0.00000341. The smallest absolute Gasteiger partial charge is 0.350 e. The van der Waals surface area contributed by atoms with Crippen molar-refractivity contribution in [3.05, 3.63) is 31.2 Å². The molecule has 0 spiro atoms. The molecule has 2 N–H and O–H groups in total.